The Bertz CT molecular complexity index is 564. The van der Waals surface area contributed by atoms with Crippen molar-refractivity contribution in [3.63, 3.8) is 0 Å². The summed E-state index contributed by atoms with van der Waals surface area (Å²) in [5, 5.41) is 0.844. The van der Waals surface area contributed by atoms with E-state index in [1.54, 1.807) is 6.07 Å². The Morgan fingerprint density at radius 3 is 2.62 bits per heavy atom. The molecule has 0 amide bonds. The van der Waals surface area contributed by atoms with Gasteiger partial charge in [-0.3, -0.25) is 4.79 Å². The Kier molecular flexibility index (Phi) is 2.28. The first-order chi connectivity index (χ1) is 7.86. The van der Waals surface area contributed by atoms with Crippen molar-refractivity contribution in [1.29, 1.82) is 0 Å². The van der Waals surface area contributed by atoms with Gasteiger partial charge < -0.3 is 4.57 Å². The molecule has 0 atom stereocenters. The highest BCUT2D eigenvalue weighted by Crippen LogP contribution is 2.31. The van der Waals surface area contributed by atoms with E-state index in [2.05, 4.69) is 10.6 Å². The summed E-state index contributed by atoms with van der Waals surface area (Å²) >= 11 is 0. The zero-order valence-corrected chi connectivity index (χ0v) is 9.23. The van der Waals surface area contributed by atoms with Crippen LogP contribution in [0, 0.1) is 0 Å². The third-order valence-electron chi connectivity index (χ3n) is 3.55. The van der Waals surface area contributed by atoms with Gasteiger partial charge in [-0.25, -0.2) is 0 Å². The molecule has 2 aromatic rings. The van der Waals surface area contributed by atoms with E-state index in [4.69, 9.17) is 0 Å². The normalized spacial score (nSPS) is 17.0. The molecule has 1 heterocycles. The molecule has 82 valence electrons. The topological polar surface area (TPSA) is 22.0 Å². The first-order valence-electron chi connectivity index (χ1n) is 5.96. The maximum Gasteiger partial charge on any atom is 0.189 e. The van der Waals surface area contributed by atoms with Gasteiger partial charge in [0.1, 0.15) is 0 Å². The van der Waals surface area contributed by atoms with Gasteiger partial charge in [0.25, 0.3) is 0 Å². The molecule has 16 heavy (non-hydrogen) atoms. The number of pyridine rings is 1. The summed E-state index contributed by atoms with van der Waals surface area (Å²) in [7, 11) is 0. The Morgan fingerprint density at radius 1 is 1.06 bits per heavy atom. The zero-order chi connectivity index (χ0) is 11.0. The molecule has 1 aliphatic rings. The fourth-order valence-electron chi connectivity index (χ4n) is 2.73. The molecule has 2 nitrogen and oxygen atoms in total. The lowest BCUT2D eigenvalue weighted by Crippen LogP contribution is -2.11. The van der Waals surface area contributed by atoms with Gasteiger partial charge in [0.2, 0.25) is 0 Å². The van der Waals surface area contributed by atoms with Crippen molar-refractivity contribution in [3.05, 3.63) is 46.8 Å². The van der Waals surface area contributed by atoms with Crippen molar-refractivity contribution in [2.75, 3.05) is 0 Å². The van der Waals surface area contributed by atoms with Crippen LogP contribution in [0.4, 0.5) is 0 Å². The predicted octanol–water partition coefficient (Wildman–Crippen LogP) is 3.12. The van der Waals surface area contributed by atoms with E-state index in [1.807, 2.05) is 24.4 Å². The van der Waals surface area contributed by atoms with Crippen molar-refractivity contribution in [3.8, 4) is 0 Å². The van der Waals surface area contributed by atoms with E-state index in [9.17, 15) is 4.79 Å². The molecule has 3 rings (SSSR count). The predicted molar refractivity (Wildman–Crippen MR) is 65.7 cm³/mol. The molecule has 1 aromatic carbocycles. The molecule has 1 fully saturated rings. The van der Waals surface area contributed by atoms with E-state index in [0.717, 1.165) is 10.9 Å². The highest BCUT2D eigenvalue weighted by atomic mass is 16.1. The molecule has 0 spiro atoms. The Morgan fingerprint density at radius 2 is 1.81 bits per heavy atom. The van der Waals surface area contributed by atoms with Crippen molar-refractivity contribution >= 4 is 10.9 Å². The molecular weight excluding hydrogens is 198 g/mol. The van der Waals surface area contributed by atoms with Gasteiger partial charge in [-0.1, -0.05) is 25.0 Å². The van der Waals surface area contributed by atoms with Crippen LogP contribution in [0.15, 0.2) is 41.3 Å². The summed E-state index contributed by atoms with van der Waals surface area (Å²) in [5.74, 6) is 0. The Balaban J connectivity index is 2.25. The summed E-state index contributed by atoms with van der Waals surface area (Å²) in [4.78, 5) is 11.7. The Hall–Kier alpha value is -1.57. The molecule has 0 radical (unpaired) electrons. The minimum atomic E-state index is 0.129. The fourth-order valence-corrected chi connectivity index (χ4v) is 2.73. The summed E-state index contributed by atoms with van der Waals surface area (Å²) in [6.07, 6.45) is 7.07. The van der Waals surface area contributed by atoms with Gasteiger partial charge in [0.15, 0.2) is 5.43 Å². The van der Waals surface area contributed by atoms with E-state index in [0.29, 0.717) is 6.04 Å². The van der Waals surface area contributed by atoms with Crippen LogP contribution in [0.25, 0.3) is 10.9 Å². The number of para-hydroxylation sites is 1. The van der Waals surface area contributed by atoms with Crippen LogP contribution in [-0.4, -0.2) is 4.57 Å². The number of hydrogen-bond acceptors (Lipinski definition) is 1. The van der Waals surface area contributed by atoms with E-state index in [1.165, 1.54) is 25.7 Å². The number of hydrogen-bond donors (Lipinski definition) is 0. The average molecular weight is 213 g/mol. The average Bonchev–Trinajstić information content (AvgIpc) is 2.83. The molecule has 0 aliphatic heterocycles. The second-order valence-corrected chi connectivity index (χ2v) is 4.54. The first kappa shape index (κ1) is 9.64. The van der Waals surface area contributed by atoms with E-state index >= 15 is 0 Å². The van der Waals surface area contributed by atoms with Crippen LogP contribution in [0.2, 0.25) is 0 Å². The molecule has 1 aliphatic carbocycles. The second kappa shape index (κ2) is 3.78. The third kappa shape index (κ3) is 1.45. The van der Waals surface area contributed by atoms with Crippen LogP contribution < -0.4 is 5.43 Å². The second-order valence-electron chi connectivity index (χ2n) is 4.54. The lowest BCUT2D eigenvalue weighted by molar-refractivity contribution is 0.532. The van der Waals surface area contributed by atoms with E-state index in [-0.39, 0.29) is 5.43 Å². The van der Waals surface area contributed by atoms with Crippen LogP contribution >= 0.6 is 0 Å². The van der Waals surface area contributed by atoms with Gasteiger partial charge in [-0.15, -0.1) is 0 Å². The summed E-state index contributed by atoms with van der Waals surface area (Å²) in [5.41, 5.74) is 1.21. The number of nitrogens with zero attached hydrogens (tertiary/aromatic N) is 1. The molecule has 0 bridgehead atoms. The molecule has 1 aromatic heterocycles. The highest BCUT2D eigenvalue weighted by molar-refractivity contribution is 5.78. The van der Waals surface area contributed by atoms with Crippen molar-refractivity contribution < 1.29 is 0 Å². The number of benzene rings is 1. The van der Waals surface area contributed by atoms with Crippen LogP contribution in [0.5, 0.6) is 0 Å². The highest BCUT2D eigenvalue weighted by Gasteiger charge is 2.17. The summed E-state index contributed by atoms with van der Waals surface area (Å²) in [6, 6.07) is 10.2. The molecule has 0 N–H and O–H groups in total. The van der Waals surface area contributed by atoms with Crippen molar-refractivity contribution in [1.82, 2.24) is 4.57 Å². The van der Waals surface area contributed by atoms with Gasteiger partial charge in [0.05, 0.1) is 5.52 Å². The maximum atomic E-state index is 11.7. The Labute approximate surface area is 94.5 Å². The maximum absolute atomic E-state index is 11.7. The number of aromatic nitrogens is 1. The van der Waals surface area contributed by atoms with Crippen LogP contribution in [-0.2, 0) is 0 Å². The SMILES string of the molecule is O=c1ccn(C2CCCC2)c2ccccc12. The van der Waals surface area contributed by atoms with Gasteiger partial charge in [-0.2, -0.15) is 0 Å². The quantitative estimate of drug-likeness (QED) is 0.713. The van der Waals surface area contributed by atoms with Crippen LogP contribution in [0.3, 0.4) is 0 Å². The number of rotatable bonds is 1. The monoisotopic (exact) mass is 213 g/mol. The smallest absolute Gasteiger partial charge is 0.189 e. The van der Waals surface area contributed by atoms with Gasteiger partial charge >= 0.3 is 0 Å². The van der Waals surface area contributed by atoms with Gasteiger partial charge in [0, 0.05) is 23.7 Å². The number of fused-ring (bicyclic) bond motifs is 1. The largest absolute Gasteiger partial charge is 0.344 e. The molecule has 0 saturated heterocycles. The molecule has 0 unspecified atom stereocenters. The van der Waals surface area contributed by atoms with Gasteiger partial charge in [-0.05, 0) is 25.0 Å². The standard InChI is InChI=1S/C14H15NO/c16-14-9-10-15(11-5-1-2-6-11)13-8-4-3-7-12(13)14/h3-4,7-11H,1-2,5-6H2. The van der Waals surface area contributed by atoms with Crippen LogP contribution in [0.1, 0.15) is 31.7 Å². The molecular formula is C14H15NO. The van der Waals surface area contributed by atoms with E-state index < -0.39 is 0 Å². The fraction of sp³-hybridized carbons (Fsp3) is 0.357. The molecule has 1 saturated carbocycles. The summed E-state index contributed by atoms with van der Waals surface area (Å²) < 4.78 is 2.28. The third-order valence-corrected chi connectivity index (χ3v) is 3.55. The molecule has 2 heteroatoms. The minimum absolute atomic E-state index is 0.129. The lowest BCUT2D eigenvalue weighted by atomic mass is 10.1. The minimum Gasteiger partial charge on any atom is -0.344 e. The summed E-state index contributed by atoms with van der Waals surface area (Å²) in [6.45, 7) is 0. The zero-order valence-electron chi connectivity index (χ0n) is 9.23. The van der Waals surface area contributed by atoms with Crippen molar-refractivity contribution in [2.45, 2.75) is 31.7 Å². The first-order valence-corrected chi connectivity index (χ1v) is 5.96. The van der Waals surface area contributed by atoms with Crippen molar-refractivity contribution in [2.24, 2.45) is 0 Å². The lowest BCUT2D eigenvalue weighted by Gasteiger charge is -2.17.